The van der Waals surface area contributed by atoms with Gasteiger partial charge in [-0.3, -0.25) is 4.79 Å². The third-order valence-corrected chi connectivity index (χ3v) is 17.3. The van der Waals surface area contributed by atoms with Crippen molar-refractivity contribution in [2.45, 2.75) is 90.5 Å². The molecule has 0 unspecified atom stereocenters. The zero-order valence-corrected chi connectivity index (χ0v) is 25.3. The molecule has 1 aromatic heterocycles. The number of carboxylic acid groups (broad SMARTS) is 1. The van der Waals surface area contributed by atoms with Gasteiger partial charge in [0, 0.05) is 0 Å². The van der Waals surface area contributed by atoms with Gasteiger partial charge in [-0.05, 0) is 0 Å². The number of halogens is 1. The summed E-state index contributed by atoms with van der Waals surface area (Å²) in [5, 5.41) is 14.7. The topological polar surface area (TPSA) is 55.1 Å². The molecular formula is C31H44BrN2O2P. The molecule has 3 aromatic rings. The number of benzene rings is 2. The molecule has 4 nitrogen and oxygen atoms in total. The Bertz CT molecular complexity index is 1070. The van der Waals surface area contributed by atoms with Crippen LogP contribution in [0.15, 0.2) is 73.1 Å². The second-order valence-corrected chi connectivity index (χ2v) is 20.3. The van der Waals surface area contributed by atoms with Crippen molar-refractivity contribution in [1.82, 2.24) is 9.78 Å². The van der Waals surface area contributed by atoms with E-state index in [1.54, 1.807) is 0 Å². The first kappa shape index (κ1) is 29.6. The fourth-order valence-corrected chi connectivity index (χ4v) is 12.6. The Morgan fingerprint density at radius 3 is 1.68 bits per heavy atom. The number of rotatable bonds is 15. The molecule has 0 saturated heterocycles. The van der Waals surface area contributed by atoms with E-state index < -0.39 is 11.3 Å². The minimum atomic E-state index is -2.92. The van der Waals surface area contributed by atoms with Crippen molar-refractivity contribution < 1.29 is 9.90 Å². The molecule has 2 aromatic carbocycles. The number of unbranched alkanes of at least 4 members (excludes halogenated alkanes) is 8. The van der Waals surface area contributed by atoms with Crippen molar-refractivity contribution >= 4 is 42.7 Å². The van der Waals surface area contributed by atoms with Crippen molar-refractivity contribution in [2.24, 2.45) is 0 Å². The first-order valence-electron chi connectivity index (χ1n) is 13.8. The van der Waals surface area contributed by atoms with Crippen LogP contribution in [-0.2, 0) is 10.3 Å². The molecule has 1 heterocycles. The number of aromatic nitrogens is 2. The Hall–Kier alpha value is -1.97. The Balaban J connectivity index is 1.76. The second kappa shape index (κ2) is 13.2. The van der Waals surface area contributed by atoms with Crippen LogP contribution < -0.4 is 15.9 Å². The van der Waals surface area contributed by atoms with E-state index in [1.807, 2.05) is 0 Å². The number of carboxylic acids is 1. The molecule has 0 amide bonds. The first-order chi connectivity index (χ1) is 17.7. The average molecular weight is 588 g/mol. The van der Waals surface area contributed by atoms with Crippen molar-refractivity contribution in [3.63, 3.8) is 0 Å². The van der Waals surface area contributed by atoms with Gasteiger partial charge in [-0.25, -0.2) is 0 Å². The summed E-state index contributed by atoms with van der Waals surface area (Å²) in [6.45, 7) is 6.60. The molecular weight excluding hydrogens is 543 g/mol. The molecule has 1 N–H and O–H groups in total. The Morgan fingerprint density at radius 1 is 0.784 bits per heavy atom. The van der Waals surface area contributed by atoms with E-state index in [4.69, 9.17) is 10.2 Å². The number of hydrogen-bond donors (Lipinski definition) is 1. The Kier molecular flexibility index (Phi) is 10.6. The van der Waals surface area contributed by atoms with Gasteiger partial charge in [-0.1, -0.05) is 0 Å². The summed E-state index contributed by atoms with van der Waals surface area (Å²) < 4.78 is 2.10. The van der Waals surface area contributed by atoms with Gasteiger partial charge in [0.25, 0.3) is 0 Å². The summed E-state index contributed by atoms with van der Waals surface area (Å²) in [6.07, 6.45) is 16.0. The zero-order valence-electron chi connectivity index (χ0n) is 22.8. The van der Waals surface area contributed by atoms with Gasteiger partial charge >= 0.3 is 222 Å². The molecule has 0 fully saturated rings. The van der Waals surface area contributed by atoms with Crippen LogP contribution in [0, 0.1) is 0 Å². The van der Waals surface area contributed by atoms with E-state index in [0.717, 1.165) is 31.8 Å². The molecule has 37 heavy (non-hydrogen) atoms. The number of nitrogens with zero attached hydrogens (tertiary/aromatic N) is 2. The third-order valence-electron chi connectivity index (χ3n) is 7.35. The van der Waals surface area contributed by atoms with Gasteiger partial charge in [0.15, 0.2) is 0 Å². The van der Waals surface area contributed by atoms with E-state index in [0.29, 0.717) is 6.42 Å². The minimum absolute atomic E-state index is 0.0819. The summed E-state index contributed by atoms with van der Waals surface area (Å²) in [5.74, 6) is -0.680. The molecule has 0 bridgehead atoms. The van der Waals surface area contributed by atoms with Crippen LogP contribution in [0.4, 0.5) is 0 Å². The van der Waals surface area contributed by atoms with Gasteiger partial charge in [0.1, 0.15) is 0 Å². The number of aliphatic carboxylic acids is 1. The summed E-state index contributed by atoms with van der Waals surface area (Å²) in [6, 6.07) is 22.0. The number of hydrogen-bond acceptors (Lipinski definition) is 2. The average Bonchev–Trinajstić information content (AvgIpc) is 3.41. The summed E-state index contributed by atoms with van der Waals surface area (Å²) >= 11 is 4.56. The quantitative estimate of drug-likeness (QED) is 0.146. The van der Waals surface area contributed by atoms with E-state index >= 15 is 0 Å². The van der Waals surface area contributed by atoms with Crippen LogP contribution in [-0.4, -0.2) is 27.0 Å². The molecule has 0 spiro atoms. The molecule has 0 aliphatic heterocycles. The van der Waals surface area contributed by atoms with Gasteiger partial charge in [-0.15, -0.1) is 0 Å². The van der Waals surface area contributed by atoms with Crippen molar-refractivity contribution in [3.8, 4) is 0 Å². The summed E-state index contributed by atoms with van der Waals surface area (Å²) in [5.41, 5.74) is -0.0819. The molecule has 0 aliphatic rings. The molecule has 0 saturated carbocycles. The van der Waals surface area contributed by atoms with Crippen LogP contribution in [0.2, 0.25) is 0 Å². The standard InChI is InChI=1S/C31H44BrN2O2P/c1-31(2,3)34-26-29(25-33-34)37(32,27-19-13-11-14-20-27,28-21-15-12-16-22-28)24-18-10-8-6-4-5-7-9-17-23-30(35)36/h11-16,19-22,25-26H,4-10,17-18,23-24H2,1-3H3,(H,35,36). The van der Waals surface area contributed by atoms with Crippen molar-refractivity contribution in [2.75, 3.05) is 6.16 Å². The van der Waals surface area contributed by atoms with Gasteiger partial charge < -0.3 is 5.11 Å². The monoisotopic (exact) mass is 586 g/mol. The van der Waals surface area contributed by atoms with E-state index in [9.17, 15) is 4.79 Å². The molecule has 3 rings (SSSR count). The van der Waals surface area contributed by atoms with E-state index in [1.165, 1.54) is 48.0 Å². The van der Waals surface area contributed by atoms with Gasteiger partial charge in [0.05, 0.1) is 0 Å². The summed E-state index contributed by atoms with van der Waals surface area (Å²) in [7, 11) is 0. The predicted octanol–water partition coefficient (Wildman–Crippen LogP) is 7.76. The first-order valence-corrected chi connectivity index (χ1v) is 18.2. The third kappa shape index (κ3) is 7.33. The molecule has 6 heteroatoms. The van der Waals surface area contributed by atoms with Crippen LogP contribution in [0.25, 0.3) is 0 Å². The maximum absolute atomic E-state index is 10.6. The van der Waals surface area contributed by atoms with Crippen LogP contribution in [0.1, 0.15) is 85.0 Å². The van der Waals surface area contributed by atoms with E-state index in [-0.39, 0.29) is 5.54 Å². The van der Waals surface area contributed by atoms with Gasteiger partial charge in [-0.2, -0.15) is 0 Å². The van der Waals surface area contributed by atoms with Gasteiger partial charge in [0.2, 0.25) is 0 Å². The molecule has 0 atom stereocenters. The second-order valence-electron chi connectivity index (χ2n) is 11.2. The fourth-order valence-electron chi connectivity index (χ4n) is 5.16. The van der Waals surface area contributed by atoms with E-state index in [2.05, 4.69) is 114 Å². The van der Waals surface area contributed by atoms with Crippen molar-refractivity contribution in [3.05, 3.63) is 73.1 Å². The van der Waals surface area contributed by atoms with Crippen LogP contribution in [0.3, 0.4) is 0 Å². The molecule has 202 valence electrons. The normalized spacial score (nSPS) is 13.2. The van der Waals surface area contributed by atoms with Crippen molar-refractivity contribution in [1.29, 1.82) is 0 Å². The zero-order chi connectivity index (χ0) is 26.8. The van der Waals surface area contributed by atoms with Crippen LogP contribution >= 0.6 is 20.8 Å². The Labute approximate surface area is 231 Å². The molecule has 0 radical (unpaired) electrons. The Morgan fingerprint density at radius 2 is 1.24 bits per heavy atom. The SMILES string of the molecule is CC(C)(C)n1cc(P(Br)(CCCCCCCCCCCC(=O)O)(c2ccccc2)c2ccccc2)cn1. The van der Waals surface area contributed by atoms with Crippen LogP contribution in [0.5, 0.6) is 0 Å². The summed E-state index contributed by atoms with van der Waals surface area (Å²) in [4.78, 5) is 10.6. The maximum atomic E-state index is 10.6. The predicted molar refractivity (Wildman–Crippen MR) is 164 cm³/mol. The fraction of sp³-hybridized carbons (Fsp3) is 0.484. The molecule has 0 aliphatic carbocycles. The number of carbonyl (C=O) groups is 1.